The molecule has 0 bridgehead atoms. The van der Waals surface area contributed by atoms with Gasteiger partial charge in [0.15, 0.2) is 0 Å². The van der Waals surface area contributed by atoms with E-state index in [2.05, 4.69) is 5.32 Å². The van der Waals surface area contributed by atoms with E-state index in [4.69, 9.17) is 31.4 Å². The molecule has 1 fully saturated rings. The molecule has 1 aliphatic rings. The number of carbonyl (C=O) groups excluding carboxylic acids is 1. The van der Waals surface area contributed by atoms with Crippen LogP contribution in [-0.4, -0.2) is 43.0 Å². The Labute approximate surface area is 215 Å². The van der Waals surface area contributed by atoms with Crippen LogP contribution < -0.4 is 10.1 Å². The molecule has 36 heavy (non-hydrogen) atoms. The fourth-order valence-electron chi connectivity index (χ4n) is 5.23. The van der Waals surface area contributed by atoms with Crippen LogP contribution in [0.3, 0.4) is 0 Å². The molecule has 0 atom stereocenters. The predicted molar refractivity (Wildman–Crippen MR) is 132 cm³/mol. The maximum atomic E-state index is 14.6. The summed E-state index contributed by atoms with van der Waals surface area (Å²) in [6.45, 7) is 8.17. The van der Waals surface area contributed by atoms with Gasteiger partial charge >= 0.3 is 0 Å². The molecule has 194 valence electrons. The number of aliphatic hydroxyl groups excluding tert-OH is 1. The molecular formula is C27H31ClF2N2O4. The summed E-state index contributed by atoms with van der Waals surface area (Å²) in [7, 11) is 0. The van der Waals surface area contributed by atoms with Crippen molar-refractivity contribution in [2.24, 2.45) is 10.8 Å². The molecule has 2 N–H and O–H groups in total. The van der Waals surface area contributed by atoms with Gasteiger partial charge in [0, 0.05) is 53.7 Å². The number of nitriles is 1. The predicted octanol–water partition coefficient (Wildman–Crippen LogP) is 5.04. The molecule has 0 aliphatic heterocycles. The third-order valence-corrected chi connectivity index (χ3v) is 7.09. The number of nitrogens with zero attached hydrogens (tertiary/aromatic N) is 1. The first-order valence-corrected chi connectivity index (χ1v) is 12.1. The summed E-state index contributed by atoms with van der Waals surface area (Å²) >= 11 is 6.13. The van der Waals surface area contributed by atoms with Crippen LogP contribution in [0.4, 0.5) is 8.78 Å². The van der Waals surface area contributed by atoms with Gasteiger partial charge in [0.25, 0.3) is 5.91 Å². The SMILES string of the molecule is CC1(C)[C@H](NC(=O)c2cc(F)c(CCOCCCO)c(F)c2)C(C)(C)[C@H]1Oc1ccc(C#N)c(Cl)c1. The normalized spacial score (nSPS) is 19.8. The Bertz CT molecular complexity index is 1120. The molecule has 0 radical (unpaired) electrons. The van der Waals surface area contributed by atoms with Crippen molar-refractivity contribution >= 4 is 17.5 Å². The van der Waals surface area contributed by atoms with Crippen LogP contribution in [-0.2, 0) is 11.2 Å². The van der Waals surface area contributed by atoms with Crippen molar-refractivity contribution < 1.29 is 28.2 Å². The number of nitrogens with one attached hydrogen (secondary N) is 1. The minimum atomic E-state index is -0.808. The van der Waals surface area contributed by atoms with Crippen molar-refractivity contribution in [2.45, 2.75) is 52.7 Å². The van der Waals surface area contributed by atoms with Crippen LogP contribution in [0.2, 0.25) is 5.02 Å². The van der Waals surface area contributed by atoms with Gasteiger partial charge in [-0.1, -0.05) is 39.3 Å². The highest BCUT2D eigenvalue weighted by atomic mass is 35.5. The molecule has 1 amide bonds. The highest BCUT2D eigenvalue weighted by Crippen LogP contribution is 2.55. The lowest BCUT2D eigenvalue weighted by atomic mass is 9.49. The quantitative estimate of drug-likeness (QED) is 0.428. The van der Waals surface area contributed by atoms with E-state index in [1.165, 1.54) is 0 Å². The van der Waals surface area contributed by atoms with Crippen LogP contribution in [0.25, 0.3) is 0 Å². The summed E-state index contributed by atoms with van der Waals surface area (Å²) in [4.78, 5) is 13.0. The third-order valence-electron chi connectivity index (χ3n) is 6.78. The zero-order valence-corrected chi connectivity index (χ0v) is 21.6. The highest BCUT2D eigenvalue weighted by Gasteiger charge is 2.64. The molecule has 0 saturated heterocycles. The molecule has 2 aromatic carbocycles. The minimum absolute atomic E-state index is 0.0161. The molecule has 0 spiro atoms. The first-order valence-electron chi connectivity index (χ1n) is 11.8. The highest BCUT2D eigenvalue weighted by molar-refractivity contribution is 6.31. The van der Waals surface area contributed by atoms with Gasteiger partial charge in [-0.05, 0) is 30.7 Å². The van der Waals surface area contributed by atoms with Gasteiger partial charge in [0.05, 0.1) is 17.2 Å². The number of hydrogen-bond donors (Lipinski definition) is 2. The Kier molecular flexibility index (Phi) is 8.60. The van der Waals surface area contributed by atoms with E-state index in [0.29, 0.717) is 29.4 Å². The summed E-state index contributed by atoms with van der Waals surface area (Å²) in [6, 6.07) is 8.58. The molecule has 0 heterocycles. The number of ether oxygens (including phenoxy) is 2. The lowest BCUT2D eigenvalue weighted by molar-refractivity contribution is -0.164. The summed E-state index contributed by atoms with van der Waals surface area (Å²) in [5, 5.41) is 21.0. The smallest absolute Gasteiger partial charge is 0.251 e. The van der Waals surface area contributed by atoms with Crippen LogP contribution in [0.5, 0.6) is 5.75 Å². The monoisotopic (exact) mass is 520 g/mol. The number of rotatable bonds is 10. The summed E-state index contributed by atoms with van der Waals surface area (Å²) in [5.74, 6) is -1.69. The Balaban J connectivity index is 1.69. The zero-order valence-electron chi connectivity index (χ0n) is 20.8. The fourth-order valence-corrected chi connectivity index (χ4v) is 5.44. The fraction of sp³-hybridized carbons (Fsp3) is 0.481. The first-order chi connectivity index (χ1) is 16.9. The molecule has 0 aromatic heterocycles. The number of aliphatic hydroxyl groups is 1. The van der Waals surface area contributed by atoms with Gasteiger partial charge < -0.3 is 19.9 Å². The summed E-state index contributed by atoms with van der Waals surface area (Å²) in [6.07, 6.45) is 0.165. The zero-order chi connectivity index (χ0) is 26.7. The van der Waals surface area contributed by atoms with Crippen molar-refractivity contribution in [3.63, 3.8) is 0 Å². The van der Waals surface area contributed by atoms with Crippen molar-refractivity contribution in [3.05, 3.63) is 63.7 Å². The van der Waals surface area contributed by atoms with E-state index in [0.717, 1.165) is 12.1 Å². The molecule has 1 saturated carbocycles. The molecular weight excluding hydrogens is 490 g/mol. The van der Waals surface area contributed by atoms with Crippen molar-refractivity contribution in [1.29, 1.82) is 5.26 Å². The maximum Gasteiger partial charge on any atom is 0.251 e. The second-order valence-corrected chi connectivity index (χ2v) is 10.6. The standard InChI is InChI=1S/C27H31ClF2N2O4/c1-26(2)24(27(3,4)25(26)36-18-7-6-16(15-31)20(28)14-18)32-23(34)17-12-21(29)19(22(30)13-17)8-11-35-10-5-9-33/h6-7,12-14,24-25,33H,5,8-11H2,1-4H3,(H,32,34)/t24-,25-. The van der Waals surface area contributed by atoms with Crippen LogP contribution in [0.15, 0.2) is 30.3 Å². The third kappa shape index (κ3) is 5.64. The van der Waals surface area contributed by atoms with Gasteiger partial charge in [-0.15, -0.1) is 0 Å². The van der Waals surface area contributed by atoms with E-state index in [9.17, 15) is 13.6 Å². The number of amides is 1. The second-order valence-electron chi connectivity index (χ2n) is 10.2. The van der Waals surface area contributed by atoms with E-state index in [1.54, 1.807) is 18.2 Å². The van der Waals surface area contributed by atoms with E-state index in [1.807, 2.05) is 33.8 Å². The van der Waals surface area contributed by atoms with Crippen LogP contribution >= 0.6 is 11.6 Å². The Morgan fingerprint density at radius 1 is 1.14 bits per heavy atom. The van der Waals surface area contributed by atoms with Crippen molar-refractivity contribution in [1.82, 2.24) is 5.32 Å². The van der Waals surface area contributed by atoms with Gasteiger partial charge in [-0.25, -0.2) is 8.78 Å². The number of carbonyl (C=O) groups is 1. The number of hydrogen-bond acceptors (Lipinski definition) is 5. The maximum absolute atomic E-state index is 14.6. The summed E-state index contributed by atoms with van der Waals surface area (Å²) < 4.78 is 40.7. The number of halogens is 3. The first kappa shape index (κ1) is 27.9. The Morgan fingerprint density at radius 3 is 2.33 bits per heavy atom. The average molecular weight is 521 g/mol. The molecule has 0 unspecified atom stereocenters. The lowest BCUT2D eigenvalue weighted by Crippen LogP contribution is -2.74. The Hall–Kier alpha value is -2.73. The van der Waals surface area contributed by atoms with Gasteiger partial charge in [0.1, 0.15) is 29.6 Å². The molecule has 1 aliphatic carbocycles. The molecule has 6 nitrogen and oxygen atoms in total. The largest absolute Gasteiger partial charge is 0.489 e. The minimum Gasteiger partial charge on any atom is -0.489 e. The molecule has 2 aromatic rings. The van der Waals surface area contributed by atoms with E-state index < -0.39 is 28.4 Å². The van der Waals surface area contributed by atoms with Gasteiger partial charge in [-0.2, -0.15) is 5.26 Å². The van der Waals surface area contributed by atoms with Gasteiger partial charge in [0.2, 0.25) is 0 Å². The van der Waals surface area contributed by atoms with Crippen molar-refractivity contribution in [3.8, 4) is 11.8 Å². The average Bonchev–Trinajstić information content (AvgIpc) is 2.81. The van der Waals surface area contributed by atoms with E-state index in [-0.39, 0.29) is 42.9 Å². The Morgan fingerprint density at radius 2 is 1.78 bits per heavy atom. The lowest BCUT2D eigenvalue weighted by Gasteiger charge is -2.63. The van der Waals surface area contributed by atoms with Crippen molar-refractivity contribution in [2.75, 3.05) is 19.8 Å². The van der Waals surface area contributed by atoms with E-state index >= 15 is 0 Å². The second kappa shape index (κ2) is 11.1. The van der Waals surface area contributed by atoms with Crippen LogP contribution in [0.1, 0.15) is 55.6 Å². The molecule has 3 rings (SSSR count). The summed E-state index contributed by atoms with van der Waals surface area (Å²) in [5.41, 5.74) is -0.925. The topological polar surface area (TPSA) is 91.6 Å². The van der Waals surface area contributed by atoms with Gasteiger partial charge in [-0.3, -0.25) is 4.79 Å². The molecule has 9 heteroatoms. The van der Waals surface area contributed by atoms with Crippen LogP contribution in [0, 0.1) is 33.8 Å². The number of benzene rings is 2.